The minimum absolute atomic E-state index is 0.313. The second kappa shape index (κ2) is 6.69. The van der Waals surface area contributed by atoms with E-state index in [1.165, 1.54) is 35.8 Å². The van der Waals surface area contributed by atoms with Crippen LogP contribution in [0.15, 0.2) is 30.3 Å². The first kappa shape index (κ1) is 13.3. The molecule has 0 aliphatic rings. The Bertz CT molecular complexity index is 480. The third-order valence-electron chi connectivity index (χ3n) is 3.21. The highest BCUT2D eigenvalue weighted by Crippen LogP contribution is 2.26. The largest absolute Gasteiger partial charge is 0.293 e. The smallest absolute Gasteiger partial charge is 0.172 e. The van der Waals surface area contributed by atoms with E-state index >= 15 is 0 Å². The number of benzene rings is 1. The van der Waals surface area contributed by atoms with Gasteiger partial charge in [0.1, 0.15) is 0 Å². The van der Waals surface area contributed by atoms with E-state index in [9.17, 15) is 4.79 Å². The van der Waals surface area contributed by atoms with Gasteiger partial charge in [0, 0.05) is 11.1 Å². The summed E-state index contributed by atoms with van der Waals surface area (Å²) in [5.74, 6) is 0.313. The molecular formula is C16H20OS. The van der Waals surface area contributed by atoms with Crippen molar-refractivity contribution in [1.29, 1.82) is 0 Å². The molecule has 0 fully saturated rings. The lowest BCUT2D eigenvalue weighted by Crippen LogP contribution is -1.95. The maximum atomic E-state index is 12.1. The summed E-state index contributed by atoms with van der Waals surface area (Å²) in [5.41, 5.74) is 0. The maximum Gasteiger partial charge on any atom is 0.172 e. The molecule has 0 saturated heterocycles. The first-order chi connectivity index (χ1) is 8.81. The molecule has 0 bridgehead atoms. The van der Waals surface area contributed by atoms with Crippen molar-refractivity contribution in [3.8, 4) is 0 Å². The number of unbranched alkanes of at least 4 members (excludes halogenated alkanes) is 4. The molecule has 0 spiro atoms. The number of thiophene rings is 1. The predicted octanol–water partition coefficient (Wildman–Crippen LogP) is 5.44. The van der Waals surface area contributed by atoms with Crippen molar-refractivity contribution in [2.45, 2.75) is 45.4 Å². The quantitative estimate of drug-likeness (QED) is 0.478. The highest BCUT2D eigenvalue weighted by Gasteiger charge is 2.09. The van der Waals surface area contributed by atoms with E-state index in [1.54, 1.807) is 11.3 Å². The molecule has 2 rings (SSSR count). The van der Waals surface area contributed by atoms with E-state index in [0.717, 1.165) is 11.3 Å². The average Bonchev–Trinajstić information content (AvgIpc) is 2.82. The third-order valence-corrected chi connectivity index (χ3v) is 4.36. The van der Waals surface area contributed by atoms with Crippen LogP contribution in [0.5, 0.6) is 0 Å². The van der Waals surface area contributed by atoms with Crippen LogP contribution in [-0.4, -0.2) is 5.78 Å². The normalized spacial score (nSPS) is 10.9. The number of hydrogen-bond acceptors (Lipinski definition) is 2. The van der Waals surface area contributed by atoms with Crippen molar-refractivity contribution in [2.24, 2.45) is 0 Å². The lowest BCUT2D eigenvalue weighted by molar-refractivity contribution is 0.0983. The first-order valence-electron chi connectivity index (χ1n) is 6.83. The Balaban J connectivity index is 1.88. The van der Waals surface area contributed by atoms with E-state index in [4.69, 9.17) is 0 Å². The van der Waals surface area contributed by atoms with Crippen molar-refractivity contribution in [3.63, 3.8) is 0 Å². The number of carbonyl (C=O) groups excluding carboxylic acids is 1. The fraction of sp³-hybridized carbons (Fsp3) is 0.438. The lowest BCUT2D eigenvalue weighted by atomic mass is 10.1. The van der Waals surface area contributed by atoms with E-state index in [1.807, 2.05) is 18.2 Å². The molecule has 0 unspecified atom stereocenters. The fourth-order valence-corrected chi connectivity index (χ4v) is 3.16. The molecule has 0 amide bonds. The molecule has 0 radical (unpaired) electrons. The topological polar surface area (TPSA) is 17.1 Å². The van der Waals surface area contributed by atoms with Gasteiger partial charge in [-0.25, -0.2) is 0 Å². The molecule has 1 nitrogen and oxygen atoms in total. The van der Waals surface area contributed by atoms with Gasteiger partial charge in [-0.05, 0) is 23.9 Å². The van der Waals surface area contributed by atoms with Gasteiger partial charge in [0.15, 0.2) is 5.78 Å². The van der Waals surface area contributed by atoms with Gasteiger partial charge in [-0.1, -0.05) is 50.8 Å². The third kappa shape index (κ3) is 3.42. The minimum atomic E-state index is 0.313. The van der Waals surface area contributed by atoms with Crippen LogP contribution in [0.1, 0.15) is 55.1 Å². The summed E-state index contributed by atoms with van der Waals surface area (Å²) in [6, 6.07) is 10.2. The van der Waals surface area contributed by atoms with Crippen LogP contribution in [0, 0.1) is 0 Å². The van der Waals surface area contributed by atoms with Crippen LogP contribution in [0.2, 0.25) is 0 Å². The average molecular weight is 260 g/mol. The highest BCUT2D eigenvalue weighted by atomic mass is 32.1. The van der Waals surface area contributed by atoms with E-state index in [0.29, 0.717) is 12.2 Å². The van der Waals surface area contributed by atoms with Crippen LogP contribution in [0.25, 0.3) is 10.1 Å². The number of hydrogen-bond donors (Lipinski definition) is 0. The van der Waals surface area contributed by atoms with Gasteiger partial charge in [-0.2, -0.15) is 0 Å². The zero-order valence-electron chi connectivity index (χ0n) is 10.9. The van der Waals surface area contributed by atoms with Crippen LogP contribution in [0.3, 0.4) is 0 Å². The number of rotatable bonds is 7. The number of fused-ring (bicyclic) bond motifs is 1. The Morgan fingerprint density at radius 2 is 1.89 bits per heavy atom. The molecule has 18 heavy (non-hydrogen) atoms. The van der Waals surface area contributed by atoms with Crippen molar-refractivity contribution in [2.75, 3.05) is 0 Å². The van der Waals surface area contributed by atoms with Crippen LogP contribution in [0.4, 0.5) is 0 Å². The Labute approximate surface area is 113 Å². The van der Waals surface area contributed by atoms with Crippen LogP contribution in [-0.2, 0) is 0 Å². The van der Waals surface area contributed by atoms with E-state index in [-0.39, 0.29) is 0 Å². The number of carbonyl (C=O) groups is 1. The second-order valence-corrected chi connectivity index (χ2v) is 5.82. The van der Waals surface area contributed by atoms with E-state index in [2.05, 4.69) is 19.1 Å². The van der Waals surface area contributed by atoms with Gasteiger partial charge < -0.3 is 0 Å². The maximum absolute atomic E-state index is 12.1. The summed E-state index contributed by atoms with van der Waals surface area (Å²) in [4.78, 5) is 13.0. The standard InChI is InChI=1S/C16H20OS/c1-2-3-4-5-6-10-14(17)16-12-13-9-7-8-11-15(13)18-16/h7-9,11-12H,2-6,10H2,1H3. The summed E-state index contributed by atoms with van der Waals surface area (Å²) >= 11 is 1.62. The lowest BCUT2D eigenvalue weighted by Gasteiger charge is -1.98. The second-order valence-electron chi connectivity index (χ2n) is 4.74. The molecule has 1 aromatic carbocycles. The molecule has 96 valence electrons. The summed E-state index contributed by atoms with van der Waals surface area (Å²) in [6.45, 7) is 2.21. The Morgan fingerprint density at radius 3 is 2.67 bits per heavy atom. The van der Waals surface area contributed by atoms with Gasteiger partial charge in [-0.3, -0.25) is 4.79 Å². The monoisotopic (exact) mass is 260 g/mol. The molecule has 0 N–H and O–H groups in total. The van der Waals surface area contributed by atoms with Gasteiger partial charge >= 0.3 is 0 Å². The Kier molecular flexibility index (Phi) is 4.94. The Hall–Kier alpha value is -1.15. The molecule has 1 aromatic heterocycles. The van der Waals surface area contributed by atoms with Gasteiger partial charge in [0.05, 0.1) is 4.88 Å². The Morgan fingerprint density at radius 1 is 1.11 bits per heavy atom. The van der Waals surface area contributed by atoms with Crippen molar-refractivity contribution in [1.82, 2.24) is 0 Å². The van der Waals surface area contributed by atoms with Crippen molar-refractivity contribution >= 4 is 27.2 Å². The zero-order chi connectivity index (χ0) is 12.8. The van der Waals surface area contributed by atoms with Gasteiger partial charge in [-0.15, -0.1) is 11.3 Å². The van der Waals surface area contributed by atoms with Crippen molar-refractivity contribution in [3.05, 3.63) is 35.2 Å². The van der Waals surface area contributed by atoms with Crippen LogP contribution >= 0.6 is 11.3 Å². The van der Waals surface area contributed by atoms with E-state index < -0.39 is 0 Å². The molecule has 2 aromatic rings. The van der Waals surface area contributed by atoms with Gasteiger partial charge in [0.2, 0.25) is 0 Å². The zero-order valence-corrected chi connectivity index (χ0v) is 11.8. The van der Waals surface area contributed by atoms with Crippen molar-refractivity contribution < 1.29 is 4.79 Å². The van der Waals surface area contributed by atoms with Gasteiger partial charge in [0.25, 0.3) is 0 Å². The summed E-state index contributed by atoms with van der Waals surface area (Å²) in [5, 5.41) is 1.19. The molecule has 1 heterocycles. The fourth-order valence-electron chi connectivity index (χ4n) is 2.13. The molecule has 0 saturated carbocycles. The predicted molar refractivity (Wildman–Crippen MR) is 79.5 cm³/mol. The molecule has 0 atom stereocenters. The highest BCUT2D eigenvalue weighted by molar-refractivity contribution is 7.20. The molecular weight excluding hydrogens is 240 g/mol. The molecule has 0 aliphatic heterocycles. The number of Topliss-reactive ketones (excluding diaryl/α,β-unsaturated/α-hetero) is 1. The minimum Gasteiger partial charge on any atom is -0.293 e. The summed E-state index contributed by atoms with van der Waals surface area (Å²) in [6.07, 6.45) is 6.73. The first-order valence-corrected chi connectivity index (χ1v) is 7.64. The molecule has 2 heteroatoms. The summed E-state index contributed by atoms with van der Waals surface area (Å²) in [7, 11) is 0. The van der Waals surface area contributed by atoms with Crippen LogP contribution < -0.4 is 0 Å². The summed E-state index contributed by atoms with van der Waals surface area (Å²) < 4.78 is 1.21. The SMILES string of the molecule is CCCCCCCC(=O)c1cc2ccccc2s1. The molecule has 0 aliphatic carbocycles. The number of ketones is 1.